The van der Waals surface area contributed by atoms with E-state index in [0.717, 1.165) is 27.0 Å². The summed E-state index contributed by atoms with van der Waals surface area (Å²) in [7, 11) is 0. The maximum Gasteiger partial charge on any atom is 0.147 e. The van der Waals surface area contributed by atoms with Crippen molar-refractivity contribution in [3.63, 3.8) is 0 Å². The summed E-state index contributed by atoms with van der Waals surface area (Å²) in [4.78, 5) is 0. The molecule has 2 aromatic carbocycles. The first-order valence-electron chi connectivity index (χ1n) is 7.31. The van der Waals surface area contributed by atoms with Gasteiger partial charge in [-0.05, 0) is 41.7 Å². The van der Waals surface area contributed by atoms with Crippen LogP contribution in [-0.4, -0.2) is 0 Å². The molecule has 1 aliphatic heterocycles. The molecule has 0 unspecified atom stereocenters. The summed E-state index contributed by atoms with van der Waals surface area (Å²) in [6.45, 7) is 0. The molecule has 22 heavy (non-hydrogen) atoms. The van der Waals surface area contributed by atoms with Gasteiger partial charge in [-0.2, -0.15) is 0 Å². The van der Waals surface area contributed by atoms with Crippen molar-refractivity contribution < 1.29 is 4.39 Å². The van der Waals surface area contributed by atoms with E-state index >= 15 is 0 Å². The Morgan fingerprint density at radius 2 is 2.00 bits per heavy atom. The fourth-order valence-electron chi connectivity index (χ4n) is 3.66. The zero-order chi connectivity index (χ0) is 15.3. The molecule has 1 N–H and O–H groups in total. The maximum atomic E-state index is 14.4. The van der Waals surface area contributed by atoms with E-state index in [-0.39, 0.29) is 17.8 Å². The molecule has 3 atom stereocenters. The zero-order valence-electron chi connectivity index (χ0n) is 11.7. The second-order valence-corrected chi connectivity index (χ2v) is 7.17. The van der Waals surface area contributed by atoms with Crippen LogP contribution in [0.1, 0.15) is 29.5 Å². The molecule has 1 aliphatic carbocycles. The van der Waals surface area contributed by atoms with Crippen molar-refractivity contribution in [1.29, 1.82) is 0 Å². The first-order valence-corrected chi connectivity index (χ1v) is 8.49. The Hall–Kier alpha value is -1.32. The molecule has 0 fully saturated rings. The van der Waals surface area contributed by atoms with E-state index in [4.69, 9.17) is 11.6 Å². The molecule has 1 nitrogen and oxygen atoms in total. The van der Waals surface area contributed by atoms with Crippen molar-refractivity contribution >= 4 is 33.2 Å². The van der Waals surface area contributed by atoms with E-state index in [1.807, 2.05) is 30.3 Å². The van der Waals surface area contributed by atoms with Gasteiger partial charge in [0.2, 0.25) is 0 Å². The van der Waals surface area contributed by atoms with Gasteiger partial charge in [-0.15, -0.1) is 0 Å². The Morgan fingerprint density at radius 3 is 2.82 bits per heavy atom. The molecule has 2 aliphatic rings. The molecule has 0 radical (unpaired) electrons. The topological polar surface area (TPSA) is 12.0 Å². The van der Waals surface area contributed by atoms with Crippen LogP contribution in [0.2, 0.25) is 5.02 Å². The number of hydrogen-bond donors (Lipinski definition) is 1. The summed E-state index contributed by atoms with van der Waals surface area (Å²) in [6, 6.07) is 11.4. The molecule has 0 bridgehead atoms. The first-order chi connectivity index (χ1) is 10.6. The third-order valence-corrected chi connectivity index (χ3v) is 5.43. The highest BCUT2D eigenvalue weighted by Gasteiger charge is 2.39. The lowest BCUT2D eigenvalue weighted by Crippen LogP contribution is -2.30. The smallest absolute Gasteiger partial charge is 0.147 e. The fraction of sp³-hybridized carbons (Fsp3) is 0.222. The summed E-state index contributed by atoms with van der Waals surface area (Å²) >= 11 is 9.78. The minimum Gasteiger partial charge on any atom is -0.375 e. The molecule has 0 spiro atoms. The Bertz CT molecular complexity index is 774. The van der Waals surface area contributed by atoms with Crippen molar-refractivity contribution in [2.45, 2.75) is 18.4 Å². The van der Waals surface area contributed by atoms with Gasteiger partial charge < -0.3 is 5.32 Å². The predicted octanol–water partition coefficient (Wildman–Crippen LogP) is 6.07. The largest absolute Gasteiger partial charge is 0.375 e. The molecule has 4 heteroatoms. The molecular weight excluding hydrogens is 365 g/mol. The highest BCUT2D eigenvalue weighted by atomic mass is 79.9. The third kappa shape index (κ3) is 2.19. The summed E-state index contributed by atoms with van der Waals surface area (Å²) in [5.74, 6) is 0.366. The number of hydrogen-bond acceptors (Lipinski definition) is 1. The quantitative estimate of drug-likeness (QED) is 0.594. The van der Waals surface area contributed by atoms with E-state index in [1.54, 1.807) is 0 Å². The van der Waals surface area contributed by atoms with Gasteiger partial charge in [-0.1, -0.05) is 57.9 Å². The fourth-order valence-corrected chi connectivity index (χ4v) is 4.36. The van der Waals surface area contributed by atoms with Crippen molar-refractivity contribution in [1.82, 2.24) is 0 Å². The van der Waals surface area contributed by atoms with Gasteiger partial charge in [0, 0.05) is 15.4 Å². The monoisotopic (exact) mass is 377 g/mol. The highest BCUT2D eigenvalue weighted by Crippen LogP contribution is 2.51. The molecule has 0 amide bonds. The molecule has 112 valence electrons. The maximum absolute atomic E-state index is 14.4. The number of halogens is 3. The summed E-state index contributed by atoms with van der Waals surface area (Å²) in [6.07, 6.45) is 5.36. The van der Waals surface area contributed by atoms with Crippen LogP contribution in [0.25, 0.3) is 0 Å². The molecule has 4 rings (SSSR count). The van der Waals surface area contributed by atoms with Crippen molar-refractivity contribution in [2.24, 2.45) is 5.92 Å². The SMILES string of the molecule is Fc1cc(Br)cc2c1N[C@H](c1ccccc1Cl)[C@@H]1CC=C[C@H]21. The lowest BCUT2D eigenvalue weighted by molar-refractivity contribution is 0.420. The van der Waals surface area contributed by atoms with E-state index in [1.165, 1.54) is 6.07 Å². The normalized spacial score (nSPS) is 25.5. The van der Waals surface area contributed by atoms with Crippen LogP contribution < -0.4 is 5.32 Å². The highest BCUT2D eigenvalue weighted by molar-refractivity contribution is 9.10. The molecule has 0 saturated carbocycles. The number of nitrogens with one attached hydrogen (secondary N) is 1. The van der Waals surface area contributed by atoms with E-state index in [9.17, 15) is 4.39 Å². The number of benzene rings is 2. The Morgan fingerprint density at radius 1 is 1.18 bits per heavy atom. The summed E-state index contributed by atoms with van der Waals surface area (Å²) in [5.41, 5.74) is 2.66. The number of anilines is 1. The summed E-state index contributed by atoms with van der Waals surface area (Å²) in [5, 5.41) is 4.13. The lowest BCUT2D eigenvalue weighted by Gasteiger charge is -2.38. The summed E-state index contributed by atoms with van der Waals surface area (Å²) < 4.78 is 15.2. The van der Waals surface area contributed by atoms with Crippen LogP contribution in [-0.2, 0) is 0 Å². The van der Waals surface area contributed by atoms with Crippen LogP contribution in [0, 0.1) is 11.7 Å². The van der Waals surface area contributed by atoms with Crippen LogP contribution in [0.3, 0.4) is 0 Å². The minimum absolute atomic E-state index is 0.0249. The molecular formula is C18H14BrClFN. The number of rotatable bonds is 1. The minimum atomic E-state index is -0.222. The molecule has 2 aromatic rings. The van der Waals surface area contributed by atoms with E-state index in [2.05, 4.69) is 33.4 Å². The van der Waals surface area contributed by atoms with E-state index < -0.39 is 0 Å². The second kappa shape index (κ2) is 5.39. The Kier molecular flexibility index (Phi) is 3.50. The van der Waals surface area contributed by atoms with Gasteiger partial charge in [-0.25, -0.2) is 4.39 Å². The molecule has 0 aromatic heterocycles. The van der Waals surface area contributed by atoms with Gasteiger partial charge in [0.15, 0.2) is 0 Å². The molecule has 1 heterocycles. The average Bonchev–Trinajstić information content (AvgIpc) is 2.97. The number of allylic oxidation sites excluding steroid dienone is 2. The first kappa shape index (κ1) is 14.3. The third-order valence-electron chi connectivity index (χ3n) is 4.63. The van der Waals surface area contributed by atoms with Gasteiger partial charge in [0.25, 0.3) is 0 Å². The van der Waals surface area contributed by atoms with Gasteiger partial charge in [0.05, 0.1) is 11.7 Å². The zero-order valence-corrected chi connectivity index (χ0v) is 14.0. The second-order valence-electron chi connectivity index (χ2n) is 5.85. The molecule has 0 saturated heterocycles. The average molecular weight is 379 g/mol. The van der Waals surface area contributed by atoms with Gasteiger partial charge in [-0.3, -0.25) is 0 Å². The van der Waals surface area contributed by atoms with Crippen LogP contribution in [0.15, 0.2) is 53.0 Å². The van der Waals surface area contributed by atoms with Crippen molar-refractivity contribution in [2.75, 3.05) is 5.32 Å². The van der Waals surface area contributed by atoms with Crippen LogP contribution in [0.5, 0.6) is 0 Å². The van der Waals surface area contributed by atoms with Gasteiger partial charge in [0.1, 0.15) is 5.82 Å². The van der Waals surface area contributed by atoms with Crippen molar-refractivity contribution in [3.05, 3.63) is 75.0 Å². The van der Waals surface area contributed by atoms with Crippen LogP contribution in [0.4, 0.5) is 10.1 Å². The van der Waals surface area contributed by atoms with Gasteiger partial charge >= 0.3 is 0 Å². The standard InChI is InChI=1S/C18H14BrClFN/c19-10-8-14-11-5-3-6-12(11)17(22-18(14)16(21)9-10)13-4-1-2-7-15(13)20/h1-5,7-9,11-12,17,22H,6H2/t11-,12+,17-/m0/s1. The predicted molar refractivity (Wildman–Crippen MR) is 91.9 cm³/mol. The van der Waals surface area contributed by atoms with Crippen LogP contribution >= 0.6 is 27.5 Å². The Balaban J connectivity index is 1.86. The van der Waals surface area contributed by atoms with E-state index in [0.29, 0.717) is 11.6 Å². The Labute approximate surface area is 142 Å². The lowest BCUT2D eigenvalue weighted by atomic mass is 9.77. The number of fused-ring (bicyclic) bond motifs is 3. The van der Waals surface area contributed by atoms with Crippen molar-refractivity contribution in [3.8, 4) is 0 Å².